The highest BCUT2D eigenvalue weighted by atomic mass is 16.2. The number of fused-ring (bicyclic) bond motifs is 2. The van der Waals surface area contributed by atoms with E-state index in [-0.39, 0.29) is 17.4 Å². The van der Waals surface area contributed by atoms with Crippen LogP contribution in [0.15, 0.2) is 12.2 Å². The normalized spacial score (nSPS) is 27.3. The molecule has 0 aromatic carbocycles. The van der Waals surface area contributed by atoms with Gasteiger partial charge < -0.3 is 5.32 Å². The van der Waals surface area contributed by atoms with Gasteiger partial charge in [-0.2, -0.15) is 4.98 Å². The smallest absolute Gasteiger partial charge is 0.316 e. The van der Waals surface area contributed by atoms with Gasteiger partial charge in [0.05, 0.1) is 6.04 Å². The molecular weight excluding hydrogens is 306 g/mol. The van der Waals surface area contributed by atoms with Crippen LogP contribution in [0.5, 0.6) is 0 Å². The maximum absolute atomic E-state index is 12.2. The Hall–Kier alpha value is -2.18. The average Bonchev–Trinajstić information content (AvgIpc) is 2.88. The van der Waals surface area contributed by atoms with Gasteiger partial charge >= 0.3 is 11.8 Å². The molecule has 1 heterocycles. The molecule has 7 nitrogen and oxygen atoms in total. The Balaban J connectivity index is 1.59. The summed E-state index contributed by atoms with van der Waals surface area (Å²) in [4.78, 5) is 28.4. The lowest BCUT2D eigenvalue weighted by atomic mass is 9.46. The van der Waals surface area contributed by atoms with Crippen LogP contribution in [0.2, 0.25) is 0 Å². The lowest BCUT2D eigenvalue weighted by Crippen LogP contribution is -2.58. The molecule has 1 aromatic rings. The summed E-state index contributed by atoms with van der Waals surface area (Å²) < 4.78 is 1.59. The molecular formula is C17H25N5O2. The van der Waals surface area contributed by atoms with E-state index in [9.17, 15) is 9.59 Å². The molecule has 3 aliphatic carbocycles. The van der Waals surface area contributed by atoms with Gasteiger partial charge in [-0.05, 0) is 30.1 Å². The van der Waals surface area contributed by atoms with Gasteiger partial charge in [-0.3, -0.25) is 19.6 Å². The second-order valence-electron chi connectivity index (χ2n) is 7.43. The number of rotatable bonds is 3. The molecule has 0 aliphatic heterocycles. The molecule has 2 amide bonds. The van der Waals surface area contributed by atoms with Gasteiger partial charge in [0.1, 0.15) is 5.82 Å². The van der Waals surface area contributed by atoms with Crippen LogP contribution < -0.4 is 10.6 Å². The van der Waals surface area contributed by atoms with Crippen molar-refractivity contribution in [3.05, 3.63) is 18.0 Å². The van der Waals surface area contributed by atoms with Gasteiger partial charge in [-0.15, -0.1) is 5.10 Å². The van der Waals surface area contributed by atoms with E-state index in [1.165, 1.54) is 0 Å². The highest BCUT2D eigenvalue weighted by Crippen LogP contribution is 2.60. The van der Waals surface area contributed by atoms with Crippen molar-refractivity contribution in [2.75, 3.05) is 5.32 Å². The largest absolute Gasteiger partial charge is 0.341 e. The molecule has 130 valence electrons. The molecule has 24 heavy (non-hydrogen) atoms. The number of aromatic nitrogens is 3. The van der Waals surface area contributed by atoms with Crippen molar-refractivity contribution in [1.82, 2.24) is 20.1 Å². The summed E-state index contributed by atoms with van der Waals surface area (Å²) in [6.07, 6.45) is 2.69. The Morgan fingerprint density at radius 3 is 2.58 bits per heavy atom. The molecule has 0 saturated heterocycles. The molecule has 1 aromatic heterocycles. The van der Waals surface area contributed by atoms with E-state index in [2.05, 4.69) is 41.1 Å². The molecule has 7 heteroatoms. The van der Waals surface area contributed by atoms with Crippen LogP contribution in [0.3, 0.4) is 0 Å². The summed E-state index contributed by atoms with van der Waals surface area (Å²) in [7, 11) is 1.75. The standard InChI is InChI=1S/C17H25N5O2/c1-6-13-19-16(21-22(13)5)20-15(24)14(23)18-12-8-10-7-11(9(12)2)17(10,3)4/h10-12H,2,6-8H2,1,3-5H3,(H,18,23)(H,20,21,24)/t10-,11+,12?/m1/s1. The van der Waals surface area contributed by atoms with Crippen molar-refractivity contribution in [3.63, 3.8) is 0 Å². The van der Waals surface area contributed by atoms with Crippen LogP contribution in [0.4, 0.5) is 5.95 Å². The van der Waals surface area contributed by atoms with Crippen LogP contribution in [-0.4, -0.2) is 32.6 Å². The van der Waals surface area contributed by atoms with Crippen LogP contribution in [0.25, 0.3) is 0 Å². The summed E-state index contributed by atoms with van der Waals surface area (Å²) in [5.74, 6) is 0.495. The maximum atomic E-state index is 12.2. The van der Waals surface area contributed by atoms with Gasteiger partial charge in [0.2, 0.25) is 5.95 Å². The van der Waals surface area contributed by atoms with Crippen molar-refractivity contribution < 1.29 is 9.59 Å². The molecule has 3 saturated carbocycles. The SMILES string of the molecule is C=C1C(NC(=O)C(=O)Nc2nc(CC)n(C)n2)C[C@H]2C[C@@H]1C2(C)C. The van der Waals surface area contributed by atoms with Gasteiger partial charge in [0, 0.05) is 13.5 Å². The van der Waals surface area contributed by atoms with Crippen LogP contribution >= 0.6 is 0 Å². The van der Waals surface area contributed by atoms with Crippen LogP contribution in [-0.2, 0) is 23.1 Å². The molecule has 3 fully saturated rings. The topological polar surface area (TPSA) is 88.9 Å². The summed E-state index contributed by atoms with van der Waals surface area (Å²) in [6, 6.07) is -0.122. The predicted octanol–water partition coefficient (Wildman–Crippen LogP) is 1.42. The van der Waals surface area contributed by atoms with Gasteiger partial charge in [-0.1, -0.05) is 32.9 Å². The van der Waals surface area contributed by atoms with E-state index in [1.807, 2.05) is 6.92 Å². The Kier molecular flexibility index (Phi) is 3.97. The van der Waals surface area contributed by atoms with Crippen molar-refractivity contribution in [1.29, 1.82) is 0 Å². The first-order chi connectivity index (χ1) is 11.2. The summed E-state index contributed by atoms with van der Waals surface area (Å²) >= 11 is 0. The number of nitrogens with one attached hydrogen (secondary N) is 2. The summed E-state index contributed by atoms with van der Waals surface area (Å²) in [5, 5.41) is 9.35. The number of amides is 2. The van der Waals surface area contributed by atoms with E-state index in [0.717, 1.165) is 24.2 Å². The van der Waals surface area contributed by atoms with E-state index >= 15 is 0 Å². The van der Waals surface area contributed by atoms with E-state index < -0.39 is 11.8 Å². The van der Waals surface area contributed by atoms with Gasteiger partial charge in [-0.25, -0.2) is 0 Å². The summed E-state index contributed by atoms with van der Waals surface area (Å²) in [6.45, 7) is 10.6. The number of hydrogen-bond acceptors (Lipinski definition) is 4. The zero-order valence-electron chi connectivity index (χ0n) is 14.7. The van der Waals surface area contributed by atoms with Crippen molar-refractivity contribution in [2.24, 2.45) is 24.3 Å². The molecule has 0 radical (unpaired) electrons. The van der Waals surface area contributed by atoms with Crippen molar-refractivity contribution in [2.45, 2.75) is 46.1 Å². The average molecular weight is 331 g/mol. The number of nitrogens with zero attached hydrogens (tertiary/aromatic N) is 3. The summed E-state index contributed by atoms with van der Waals surface area (Å²) in [5.41, 5.74) is 1.29. The second-order valence-corrected chi connectivity index (χ2v) is 7.43. The zero-order valence-corrected chi connectivity index (χ0v) is 14.7. The molecule has 3 aliphatic rings. The number of hydrogen-bond donors (Lipinski definition) is 2. The Bertz CT molecular complexity index is 706. The van der Waals surface area contributed by atoms with Gasteiger partial charge in [0.15, 0.2) is 0 Å². The first kappa shape index (κ1) is 16.7. The third kappa shape index (κ3) is 2.61. The number of carbonyl (C=O) groups excluding carboxylic acids is 2. The Labute approximate surface area is 141 Å². The highest BCUT2D eigenvalue weighted by molar-refractivity contribution is 6.39. The second kappa shape index (κ2) is 5.72. The minimum Gasteiger partial charge on any atom is -0.341 e. The maximum Gasteiger partial charge on any atom is 0.316 e. The number of anilines is 1. The fourth-order valence-electron chi connectivity index (χ4n) is 4.04. The number of carbonyl (C=O) groups is 2. The first-order valence-electron chi connectivity index (χ1n) is 8.44. The minimum atomic E-state index is -0.741. The van der Waals surface area contributed by atoms with Gasteiger partial charge in [0.25, 0.3) is 0 Å². The Morgan fingerprint density at radius 2 is 2.04 bits per heavy atom. The molecule has 3 atom stereocenters. The third-order valence-corrected chi connectivity index (χ3v) is 5.79. The van der Waals surface area contributed by atoms with E-state index in [0.29, 0.717) is 18.3 Å². The molecule has 4 rings (SSSR count). The molecule has 2 N–H and O–H groups in total. The fourth-order valence-corrected chi connectivity index (χ4v) is 4.04. The monoisotopic (exact) mass is 331 g/mol. The van der Waals surface area contributed by atoms with Crippen molar-refractivity contribution >= 4 is 17.8 Å². The quantitative estimate of drug-likeness (QED) is 0.648. The highest BCUT2D eigenvalue weighted by Gasteiger charge is 2.55. The van der Waals surface area contributed by atoms with Crippen LogP contribution in [0, 0.1) is 17.3 Å². The van der Waals surface area contributed by atoms with E-state index in [1.54, 1.807) is 11.7 Å². The molecule has 2 bridgehead atoms. The first-order valence-corrected chi connectivity index (χ1v) is 8.44. The van der Waals surface area contributed by atoms with Crippen molar-refractivity contribution in [3.8, 4) is 0 Å². The lowest BCUT2D eigenvalue weighted by molar-refractivity contribution is -0.137. The van der Waals surface area contributed by atoms with E-state index in [4.69, 9.17) is 0 Å². The molecule has 0 spiro atoms. The molecule has 1 unspecified atom stereocenters. The lowest BCUT2D eigenvalue weighted by Gasteiger charge is -2.59. The third-order valence-electron chi connectivity index (χ3n) is 5.79. The predicted molar refractivity (Wildman–Crippen MR) is 90.1 cm³/mol. The fraction of sp³-hybridized carbons (Fsp3) is 0.647. The zero-order chi connectivity index (χ0) is 17.6. The van der Waals surface area contributed by atoms with Crippen LogP contribution in [0.1, 0.15) is 39.4 Å². The number of aryl methyl sites for hydroxylation is 2. The minimum absolute atomic E-state index is 0.122. The Morgan fingerprint density at radius 1 is 1.33 bits per heavy atom.